The van der Waals surface area contributed by atoms with E-state index in [4.69, 9.17) is 0 Å². The van der Waals surface area contributed by atoms with Crippen molar-refractivity contribution in [2.45, 2.75) is 73.8 Å². The second kappa shape index (κ2) is 5.42. The molecule has 0 heterocycles. The maximum Gasteiger partial charge on any atom is 0.210 e. The van der Waals surface area contributed by atoms with Crippen molar-refractivity contribution in [3.8, 4) is 0 Å². The molecule has 2 aliphatic rings. The first-order valence-corrected chi connectivity index (χ1v) is 7.63. The third kappa shape index (κ3) is 3.30. The molecule has 0 nitrogen and oxygen atoms in total. The van der Waals surface area contributed by atoms with Crippen molar-refractivity contribution in [1.29, 1.82) is 0 Å². The molecule has 0 aromatic heterocycles. The highest BCUT2D eigenvalue weighted by molar-refractivity contribution is 6.39. The number of rotatable bonds is 2. The minimum absolute atomic E-state index is 0. The van der Waals surface area contributed by atoms with Crippen LogP contribution < -0.4 is 0 Å². The van der Waals surface area contributed by atoms with Gasteiger partial charge in [0.05, 0.1) is 0 Å². The molecule has 0 atom stereocenters. The predicted molar refractivity (Wildman–Crippen MR) is 61.5 cm³/mol. The highest BCUT2D eigenvalue weighted by Crippen LogP contribution is 2.36. The molecule has 1 radical (unpaired) electrons. The Hall–Kier alpha value is 0.532. The van der Waals surface area contributed by atoms with Gasteiger partial charge in [-0.1, -0.05) is 73.8 Å². The Morgan fingerprint density at radius 1 is 0.615 bits per heavy atom. The maximum atomic E-state index is 1.59. The van der Waals surface area contributed by atoms with Crippen LogP contribution in [0.15, 0.2) is 0 Å². The lowest BCUT2D eigenvalue weighted by molar-refractivity contribution is 0.470. The molecule has 1 heteroatoms. The van der Waals surface area contributed by atoms with Gasteiger partial charge in [0.15, 0.2) is 0 Å². The molecule has 0 unspecified atom stereocenters. The quantitative estimate of drug-likeness (QED) is 0.571. The Balaban J connectivity index is 0.000000980. The van der Waals surface area contributed by atoms with E-state index in [1.54, 1.807) is 51.4 Å². The van der Waals surface area contributed by atoms with E-state index in [1.165, 1.54) is 22.4 Å². The van der Waals surface area contributed by atoms with E-state index in [2.05, 4.69) is 0 Å². The molecule has 0 spiro atoms. The van der Waals surface area contributed by atoms with Crippen molar-refractivity contribution in [3.05, 3.63) is 0 Å². The number of hydrogen-bond donors (Lipinski definition) is 0. The zero-order valence-electron chi connectivity index (χ0n) is 8.80. The van der Waals surface area contributed by atoms with E-state index in [0.717, 1.165) is 15.2 Å². The largest absolute Gasteiger partial charge is 0.210 e. The summed E-state index contributed by atoms with van der Waals surface area (Å²) in [5.41, 5.74) is 0. The molecular weight excluding hydrogens is 171 g/mol. The van der Waals surface area contributed by atoms with Crippen LogP contribution in [-0.4, -0.2) is 15.2 Å². The Bertz CT molecular complexity index is 121. The lowest BCUT2D eigenvalue weighted by Crippen LogP contribution is -2.16. The maximum absolute atomic E-state index is 1.59. The van der Waals surface area contributed by atoms with E-state index < -0.39 is 0 Å². The Morgan fingerprint density at radius 2 is 1.00 bits per heavy atom. The smallest absolute Gasteiger partial charge is 0.0929 e. The van der Waals surface area contributed by atoms with Gasteiger partial charge in [-0.05, 0) is 0 Å². The van der Waals surface area contributed by atoms with Gasteiger partial charge in [-0.3, -0.25) is 0 Å². The summed E-state index contributed by atoms with van der Waals surface area (Å²) in [6, 6.07) is 0. The summed E-state index contributed by atoms with van der Waals surface area (Å²) in [6.07, 6.45) is 15.6. The van der Waals surface area contributed by atoms with Crippen LogP contribution in [0.25, 0.3) is 0 Å². The fraction of sp³-hybridized carbons (Fsp3) is 1.00. The van der Waals surface area contributed by atoms with Crippen LogP contribution in [0.3, 0.4) is 0 Å². The van der Waals surface area contributed by atoms with Gasteiger partial charge in [0.2, 0.25) is 15.2 Å². The second-order valence-electron chi connectivity index (χ2n) is 4.99. The average molecular weight is 195 g/mol. The standard InChI is InChI=1S/2C6H11.Al.H2/c2*1-2-4-6-5-3-1;;/h2*1H,2-6H2;;1H. The van der Waals surface area contributed by atoms with Gasteiger partial charge < -0.3 is 0 Å². The van der Waals surface area contributed by atoms with Crippen molar-refractivity contribution in [2.24, 2.45) is 0 Å². The van der Waals surface area contributed by atoms with Gasteiger partial charge in [0, 0.05) is 1.43 Å². The Kier molecular flexibility index (Phi) is 4.20. The topological polar surface area (TPSA) is 0 Å². The summed E-state index contributed by atoms with van der Waals surface area (Å²) in [6.45, 7) is 0. The Labute approximate surface area is 90.7 Å². The third-order valence-electron chi connectivity index (χ3n) is 3.84. The van der Waals surface area contributed by atoms with Crippen molar-refractivity contribution in [1.82, 2.24) is 0 Å². The zero-order valence-corrected chi connectivity index (χ0v) is 9.96. The van der Waals surface area contributed by atoms with E-state index in [-0.39, 0.29) is 1.43 Å². The predicted octanol–water partition coefficient (Wildman–Crippen LogP) is 4.44. The third-order valence-corrected chi connectivity index (χ3v) is 6.27. The fourth-order valence-electron chi connectivity index (χ4n) is 3.04. The Morgan fingerprint density at radius 3 is 1.38 bits per heavy atom. The fourth-order valence-corrected chi connectivity index (χ4v) is 5.52. The zero-order chi connectivity index (χ0) is 8.93. The molecular formula is C12H24Al. The first kappa shape index (κ1) is 10.1. The van der Waals surface area contributed by atoms with E-state index in [9.17, 15) is 0 Å². The van der Waals surface area contributed by atoms with Crippen molar-refractivity contribution < 1.29 is 1.43 Å². The monoisotopic (exact) mass is 195 g/mol. The number of hydrogen-bond acceptors (Lipinski definition) is 0. The van der Waals surface area contributed by atoms with Crippen molar-refractivity contribution in [2.75, 3.05) is 0 Å². The van der Waals surface area contributed by atoms with Gasteiger partial charge in [-0.25, -0.2) is 0 Å². The van der Waals surface area contributed by atoms with E-state index >= 15 is 0 Å². The average Bonchev–Trinajstić information content (AvgIpc) is 2.21. The molecule has 2 fully saturated rings. The molecule has 0 saturated heterocycles. The molecule has 0 amide bonds. The summed E-state index contributed by atoms with van der Waals surface area (Å²) < 4.78 is 2.41. The van der Waals surface area contributed by atoms with Crippen LogP contribution in [-0.2, 0) is 0 Å². The molecule has 0 aliphatic heterocycles. The normalized spacial score (nSPS) is 27.4. The van der Waals surface area contributed by atoms with Crippen LogP contribution >= 0.6 is 0 Å². The van der Waals surface area contributed by atoms with Crippen LogP contribution in [0.2, 0.25) is 9.56 Å². The van der Waals surface area contributed by atoms with Crippen molar-refractivity contribution in [3.63, 3.8) is 0 Å². The van der Waals surface area contributed by atoms with Gasteiger partial charge in [-0.15, -0.1) is 0 Å². The highest BCUT2D eigenvalue weighted by Gasteiger charge is 2.21. The summed E-state index contributed by atoms with van der Waals surface area (Å²) in [4.78, 5) is 0. The van der Waals surface area contributed by atoms with E-state index in [1.807, 2.05) is 0 Å². The minimum Gasteiger partial charge on any atom is -0.0929 e. The molecule has 0 aromatic rings. The van der Waals surface area contributed by atoms with Crippen LogP contribution in [0.4, 0.5) is 0 Å². The summed E-state index contributed by atoms with van der Waals surface area (Å²) in [5, 5.41) is 0. The minimum atomic E-state index is 0. The van der Waals surface area contributed by atoms with Crippen LogP contribution in [0.5, 0.6) is 0 Å². The van der Waals surface area contributed by atoms with Gasteiger partial charge >= 0.3 is 0 Å². The van der Waals surface area contributed by atoms with Crippen molar-refractivity contribution >= 4 is 15.2 Å². The summed E-state index contributed by atoms with van der Waals surface area (Å²) in [5.74, 6) is 0. The first-order valence-electron chi connectivity index (χ1n) is 6.30. The molecule has 75 valence electrons. The molecule has 2 rings (SSSR count). The summed E-state index contributed by atoms with van der Waals surface area (Å²) >= 11 is 0.825. The lowest BCUT2D eigenvalue weighted by atomic mass is 9.99. The first-order chi connectivity index (χ1) is 6.45. The SMILES string of the molecule is C1CC[CH]([Al][CH]2CCCCC2)CC1.[HH]. The second-order valence-corrected chi connectivity index (χ2v) is 7.26. The van der Waals surface area contributed by atoms with Gasteiger partial charge in [0.1, 0.15) is 0 Å². The van der Waals surface area contributed by atoms with Gasteiger partial charge in [0.25, 0.3) is 0 Å². The molecule has 2 aliphatic carbocycles. The van der Waals surface area contributed by atoms with E-state index in [0.29, 0.717) is 0 Å². The molecule has 0 N–H and O–H groups in total. The molecule has 0 aromatic carbocycles. The lowest BCUT2D eigenvalue weighted by Gasteiger charge is -2.27. The highest BCUT2D eigenvalue weighted by atomic mass is 27.1. The molecule has 0 bridgehead atoms. The van der Waals surface area contributed by atoms with Gasteiger partial charge in [-0.2, -0.15) is 0 Å². The summed E-state index contributed by atoms with van der Waals surface area (Å²) in [7, 11) is 0. The van der Waals surface area contributed by atoms with Crippen LogP contribution in [0.1, 0.15) is 65.6 Å². The van der Waals surface area contributed by atoms with Crippen LogP contribution in [0, 0.1) is 0 Å². The molecule has 2 saturated carbocycles. The molecule has 13 heavy (non-hydrogen) atoms.